The standard InChI is InChI=1S/C17H17ClN2O3S/c1-12(21)20(15-10-11-15)14-8-6-13(7-9-14)19-24(22,23)17-5-3-2-4-16(17)18/h2-9,15,19H,10-11H2,1H3. The highest BCUT2D eigenvalue weighted by Gasteiger charge is 2.31. The van der Waals surface area contributed by atoms with Gasteiger partial charge in [-0.25, -0.2) is 8.42 Å². The van der Waals surface area contributed by atoms with Crippen molar-refractivity contribution in [2.75, 3.05) is 9.62 Å². The number of rotatable bonds is 5. The van der Waals surface area contributed by atoms with Crippen molar-refractivity contribution in [2.24, 2.45) is 0 Å². The Morgan fingerprint density at radius 3 is 2.29 bits per heavy atom. The second-order valence-corrected chi connectivity index (χ2v) is 7.76. The number of sulfonamides is 1. The molecule has 1 saturated carbocycles. The quantitative estimate of drug-likeness (QED) is 0.880. The summed E-state index contributed by atoms with van der Waals surface area (Å²) in [5.41, 5.74) is 1.18. The van der Waals surface area contributed by atoms with Crippen LogP contribution in [0.25, 0.3) is 0 Å². The first-order valence-corrected chi connectivity index (χ1v) is 9.42. The van der Waals surface area contributed by atoms with Crippen LogP contribution >= 0.6 is 11.6 Å². The van der Waals surface area contributed by atoms with Crippen molar-refractivity contribution in [3.8, 4) is 0 Å². The van der Waals surface area contributed by atoms with Crippen molar-refractivity contribution in [3.63, 3.8) is 0 Å². The predicted octanol–water partition coefficient (Wildman–Crippen LogP) is 3.66. The lowest BCUT2D eigenvalue weighted by Gasteiger charge is -2.21. The fourth-order valence-electron chi connectivity index (χ4n) is 2.55. The molecule has 0 radical (unpaired) electrons. The molecule has 0 saturated heterocycles. The molecule has 1 amide bonds. The molecule has 5 nitrogen and oxygen atoms in total. The number of carbonyl (C=O) groups excluding carboxylic acids is 1. The lowest BCUT2D eigenvalue weighted by atomic mass is 10.2. The molecule has 0 atom stereocenters. The van der Waals surface area contributed by atoms with Gasteiger partial charge in [0.2, 0.25) is 5.91 Å². The number of hydrogen-bond donors (Lipinski definition) is 1. The summed E-state index contributed by atoms with van der Waals surface area (Å²) >= 11 is 5.96. The van der Waals surface area contributed by atoms with Gasteiger partial charge in [-0.2, -0.15) is 0 Å². The predicted molar refractivity (Wildman–Crippen MR) is 94.9 cm³/mol. The highest BCUT2D eigenvalue weighted by Crippen LogP contribution is 2.32. The molecule has 1 fully saturated rings. The Kier molecular flexibility index (Phi) is 4.51. The molecule has 0 aromatic heterocycles. The van der Waals surface area contributed by atoms with Gasteiger partial charge in [-0.05, 0) is 49.2 Å². The van der Waals surface area contributed by atoms with Crippen molar-refractivity contribution in [1.82, 2.24) is 0 Å². The van der Waals surface area contributed by atoms with E-state index < -0.39 is 10.0 Å². The van der Waals surface area contributed by atoms with E-state index in [0.29, 0.717) is 5.69 Å². The monoisotopic (exact) mass is 364 g/mol. The molecule has 1 N–H and O–H groups in total. The molecular weight excluding hydrogens is 348 g/mol. The SMILES string of the molecule is CC(=O)N(c1ccc(NS(=O)(=O)c2ccccc2Cl)cc1)C1CC1. The smallest absolute Gasteiger partial charge is 0.263 e. The molecule has 24 heavy (non-hydrogen) atoms. The van der Waals surface area contributed by atoms with Gasteiger partial charge < -0.3 is 4.90 Å². The fourth-order valence-corrected chi connectivity index (χ4v) is 4.12. The first kappa shape index (κ1) is 16.8. The number of anilines is 2. The molecule has 126 valence electrons. The van der Waals surface area contributed by atoms with Gasteiger partial charge in [-0.3, -0.25) is 9.52 Å². The largest absolute Gasteiger partial charge is 0.310 e. The van der Waals surface area contributed by atoms with Gasteiger partial charge >= 0.3 is 0 Å². The third-order valence-electron chi connectivity index (χ3n) is 3.78. The Hall–Kier alpha value is -2.05. The topological polar surface area (TPSA) is 66.5 Å². The van der Waals surface area contributed by atoms with Gasteiger partial charge in [0.1, 0.15) is 4.90 Å². The molecule has 0 bridgehead atoms. The lowest BCUT2D eigenvalue weighted by Crippen LogP contribution is -2.30. The van der Waals surface area contributed by atoms with E-state index in [1.165, 1.54) is 19.1 Å². The van der Waals surface area contributed by atoms with E-state index in [0.717, 1.165) is 18.5 Å². The van der Waals surface area contributed by atoms with E-state index in [2.05, 4.69) is 4.72 Å². The average Bonchev–Trinajstić information content (AvgIpc) is 3.33. The first-order valence-electron chi connectivity index (χ1n) is 7.56. The number of carbonyl (C=O) groups is 1. The zero-order chi connectivity index (χ0) is 17.3. The summed E-state index contributed by atoms with van der Waals surface area (Å²) in [7, 11) is -3.76. The Morgan fingerprint density at radius 2 is 1.75 bits per heavy atom. The van der Waals surface area contributed by atoms with Gasteiger partial charge in [-0.1, -0.05) is 23.7 Å². The highest BCUT2D eigenvalue weighted by atomic mass is 35.5. The van der Waals surface area contributed by atoms with Crippen molar-refractivity contribution < 1.29 is 13.2 Å². The number of benzene rings is 2. The Morgan fingerprint density at radius 1 is 1.12 bits per heavy atom. The summed E-state index contributed by atoms with van der Waals surface area (Å²) in [4.78, 5) is 13.5. The maximum absolute atomic E-state index is 12.4. The summed E-state index contributed by atoms with van der Waals surface area (Å²) in [6.45, 7) is 1.53. The molecular formula is C17H17ClN2O3S. The molecule has 0 spiro atoms. The Bertz CT molecular complexity index is 862. The highest BCUT2D eigenvalue weighted by molar-refractivity contribution is 7.92. The van der Waals surface area contributed by atoms with Crippen molar-refractivity contribution >= 4 is 38.9 Å². The minimum atomic E-state index is -3.76. The van der Waals surface area contributed by atoms with Gasteiger partial charge in [-0.15, -0.1) is 0 Å². The van der Waals surface area contributed by atoms with E-state index in [1.54, 1.807) is 41.3 Å². The van der Waals surface area contributed by atoms with Gasteiger partial charge in [0.15, 0.2) is 0 Å². The van der Waals surface area contributed by atoms with Gasteiger partial charge in [0.25, 0.3) is 10.0 Å². The summed E-state index contributed by atoms with van der Waals surface area (Å²) < 4.78 is 27.3. The van der Waals surface area contributed by atoms with Crippen LogP contribution in [0.3, 0.4) is 0 Å². The van der Waals surface area contributed by atoms with E-state index in [4.69, 9.17) is 11.6 Å². The minimum absolute atomic E-state index is 0.0121. The molecule has 1 aliphatic rings. The van der Waals surface area contributed by atoms with Crippen LogP contribution < -0.4 is 9.62 Å². The summed E-state index contributed by atoms with van der Waals surface area (Å²) in [6, 6.07) is 13.3. The lowest BCUT2D eigenvalue weighted by molar-refractivity contribution is -0.116. The van der Waals surface area contributed by atoms with Crippen LogP contribution in [0.5, 0.6) is 0 Å². The van der Waals surface area contributed by atoms with Crippen molar-refractivity contribution in [1.29, 1.82) is 0 Å². The molecule has 7 heteroatoms. The second-order valence-electron chi connectivity index (χ2n) is 5.70. The fraction of sp³-hybridized carbons (Fsp3) is 0.235. The Labute approximate surface area is 146 Å². The molecule has 0 aliphatic heterocycles. The first-order chi connectivity index (χ1) is 11.4. The Balaban J connectivity index is 1.81. The maximum Gasteiger partial charge on any atom is 0.263 e. The molecule has 0 heterocycles. The number of nitrogens with zero attached hydrogens (tertiary/aromatic N) is 1. The van der Waals surface area contributed by atoms with E-state index in [9.17, 15) is 13.2 Å². The number of halogens is 1. The van der Waals surface area contributed by atoms with E-state index in [-0.39, 0.29) is 21.9 Å². The van der Waals surface area contributed by atoms with Crippen LogP contribution in [-0.2, 0) is 14.8 Å². The normalized spacial score (nSPS) is 14.2. The molecule has 1 aliphatic carbocycles. The zero-order valence-corrected chi connectivity index (χ0v) is 14.6. The van der Waals surface area contributed by atoms with Crippen molar-refractivity contribution in [2.45, 2.75) is 30.7 Å². The van der Waals surface area contributed by atoms with Crippen LogP contribution in [0.2, 0.25) is 5.02 Å². The van der Waals surface area contributed by atoms with Gasteiger partial charge in [0, 0.05) is 24.3 Å². The van der Waals surface area contributed by atoms with E-state index >= 15 is 0 Å². The third-order valence-corrected chi connectivity index (χ3v) is 5.66. The van der Waals surface area contributed by atoms with Crippen LogP contribution in [0.1, 0.15) is 19.8 Å². The zero-order valence-electron chi connectivity index (χ0n) is 13.1. The average molecular weight is 365 g/mol. The van der Waals surface area contributed by atoms with Crippen LogP contribution in [0.15, 0.2) is 53.4 Å². The molecule has 2 aromatic carbocycles. The minimum Gasteiger partial charge on any atom is -0.310 e. The summed E-state index contributed by atoms with van der Waals surface area (Å²) in [5.74, 6) is -0.0121. The van der Waals surface area contributed by atoms with Crippen molar-refractivity contribution in [3.05, 3.63) is 53.6 Å². The molecule has 0 unspecified atom stereocenters. The van der Waals surface area contributed by atoms with Gasteiger partial charge in [0.05, 0.1) is 5.02 Å². The number of amides is 1. The van der Waals surface area contributed by atoms with E-state index in [1.807, 2.05) is 0 Å². The molecule has 3 rings (SSSR count). The number of hydrogen-bond acceptors (Lipinski definition) is 3. The summed E-state index contributed by atoms with van der Waals surface area (Å²) in [5, 5.41) is 0.165. The molecule has 2 aromatic rings. The summed E-state index contributed by atoms with van der Waals surface area (Å²) in [6.07, 6.45) is 2.00. The second kappa shape index (κ2) is 6.45. The van der Waals surface area contributed by atoms with Crippen LogP contribution in [0, 0.1) is 0 Å². The third kappa shape index (κ3) is 3.55. The van der Waals surface area contributed by atoms with Crippen LogP contribution in [-0.4, -0.2) is 20.4 Å². The number of nitrogens with one attached hydrogen (secondary N) is 1. The van der Waals surface area contributed by atoms with Crippen LogP contribution in [0.4, 0.5) is 11.4 Å². The maximum atomic E-state index is 12.4.